The highest BCUT2D eigenvalue weighted by molar-refractivity contribution is 5.76. The van der Waals surface area contributed by atoms with E-state index in [4.69, 9.17) is 0 Å². The fourth-order valence-electron chi connectivity index (χ4n) is 3.71. The maximum absolute atomic E-state index is 12.7. The average molecular weight is 422 g/mol. The number of nitrogens with zero attached hydrogens (tertiary/aromatic N) is 8. The molecule has 10 heteroatoms. The van der Waals surface area contributed by atoms with Crippen molar-refractivity contribution in [2.75, 3.05) is 31.1 Å². The predicted octanol–water partition coefficient (Wildman–Crippen LogP) is 0.801. The van der Waals surface area contributed by atoms with E-state index in [1.165, 1.54) is 17.2 Å². The third kappa shape index (κ3) is 4.18. The Kier molecular flexibility index (Phi) is 5.53. The van der Waals surface area contributed by atoms with Crippen molar-refractivity contribution < 1.29 is 4.79 Å². The molecule has 0 bridgehead atoms. The Morgan fingerprint density at radius 3 is 2.35 bits per heavy atom. The van der Waals surface area contributed by atoms with E-state index in [1.54, 1.807) is 23.4 Å². The lowest BCUT2D eigenvalue weighted by molar-refractivity contribution is -0.132. The minimum Gasteiger partial charge on any atom is -0.353 e. The zero-order valence-corrected chi connectivity index (χ0v) is 18.2. The molecule has 1 aliphatic heterocycles. The quantitative estimate of drug-likeness (QED) is 0.613. The van der Waals surface area contributed by atoms with E-state index < -0.39 is 0 Å². The van der Waals surface area contributed by atoms with Crippen molar-refractivity contribution in [3.8, 4) is 5.82 Å². The zero-order chi connectivity index (χ0) is 22.1. The van der Waals surface area contributed by atoms with Crippen LogP contribution in [0.4, 0.5) is 5.82 Å². The number of aromatic nitrogens is 6. The highest BCUT2D eigenvalue weighted by Crippen LogP contribution is 2.17. The number of hydrogen-bond donors (Lipinski definition) is 0. The second-order valence-corrected chi connectivity index (χ2v) is 7.83. The van der Waals surface area contributed by atoms with Gasteiger partial charge in [-0.2, -0.15) is 5.10 Å². The van der Waals surface area contributed by atoms with Crippen LogP contribution in [0, 0.1) is 27.7 Å². The van der Waals surface area contributed by atoms with E-state index >= 15 is 0 Å². The van der Waals surface area contributed by atoms with E-state index in [9.17, 15) is 9.59 Å². The van der Waals surface area contributed by atoms with Crippen molar-refractivity contribution in [1.29, 1.82) is 0 Å². The summed E-state index contributed by atoms with van der Waals surface area (Å²) in [7, 11) is 0. The minimum atomic E-state index is -0.169. The van der Waals surface area contributed by atoms with Crippen LogP contribution in [0.15, 0.2) is 29.6 Å². The van der Waals surface area contributed by atoms with E-state index in [2.05, 4.69) is 25.0 Å². The van der Waals surface area contributed by atoms with Crippen molar-refractivity contribution in [2.24, 2.45) is 0 Å². The van der Waals surface area contributed by atoms with Gasteiger partial charge in [-0.15, -0.1) is 0 Å². The molecule has 0 spiro atoms. The Morgan fingerprint density at radius 1 is 0.968 bits per heavy atom. The van der Waals surface area contributed by atoms with Crippen molar-refractivity contribution in [3.63, 3.8) is 0 Å². The SMILES string of the molecule is Cc1cc(C)n(-c2cc(N3CCN(C(=O)Cn4cnc(C)c(C)c4=O)CC3)ncn2)n1. The van der Waals surface area contributed by atoms with Crippen LogP contribution in [0.1, 0.15) is 22.6 Å². The van der Waals surface area contributed by atoms with E-state index in [0.29, 0.717) is 37.4 Å². The van der Waals surface area contributed by atoms with Crippen LogP contribution in [0.2, 0.25) is 0 Å². The Morgan fingerprint density at radius 2 is 1.68 bits per heavy atom. The van der Waals surface area contributed by atoms with Gasteiger partial charge in [-0.1, -0.05) is 0 Å². The van der Waals surface area contributed by atoms with Crippen molar-refractivity contribution in [2.45, 2.75) is 34.2 Å². The number of amides is 1. The Balaban J connectivity index is 1.41. The highest BCUT2D eigenvalue weighted by atomic mass is 16.2. The lowest BCUT2D eigenvalue weighted by atomic mass is 10.2. The third-order valence-electron chi connectivity index (χ3n) is 5.64. The number of piperazine rings is 1. The fraction of sp³-hybridized carbons (Fsp3) is 0.429. The molecule has 0 aromatic carbocycles. The molecule has 162 valence electrons. The summed E-state index contributed by atoms with van der Waals surface area (Å²) >= 11 is 0. The second-order valence-electron chi connectivity index (χ2n) is 7.83. The molecule has 0 N–H and O–H groups in total. The van der Waals surface area contributed by atoms with Crippen molar-refractivity contribution in [1.82, 2.24) is 34.2 Å². The molecular weight excluding hydrogens is 396 g/mol. The molecule has 1 aliphatic rings. The number of carbonyl (C=O) groups is 1. The maximum Gasteiger partial charge on any atom is 0.256 e. The molecule has 4 heterocycles. The normalized spacial score (nSPS) is 14.2. The molecule has 31 heavy (non-hydrogen) atoms. The summed E-state index contributed by atoms with van der Waals surface area (Å²) in [6, 6.07) is 3.92. The number of aryl methyl sites for hydroxylation is 3. The summed E-state index contributed by atoms with van der Waals surface area (Å²) in [5.41, 5.74) is 3.03. The van der Waals surface area contributed by atoms with Crippen LogP contribution in [0.25, 0.3) is 5.82 Å². The maximum atomic E-state index is 12.7. The standard InChI is InChI=1S/C21H26N8O2/c1-14-9-15(2)29(25-14)19-10-18(22-12-23-19)26-5-7-27(8-6-26)20(30)11-28-13-24-17(4)16(3)21(28)31/h9-10,12-13H,5-8,11H2,1-4H3. The topological polar surface area (TPSA) is 102 Å². The van der Waals surface area contributed by atoms with Gasteiger partial charge in [0.05, 0.1) is 12.0 Å². The van der Waals surface area contributed by atoms with Crippen molar-refractivity contribution in [3.05, 3.63) is 57.8 Å². The van der Waals surface area contributed by atoms with Crippen LogP contribution in [0.5, 0.6) is 0 Å². The largest absolute Gasteiger partial charge is 0.353 e. The van der Waals surface area contributed by atoms with Gasteiger partial charge in [0.15, 0.2) is 5.82 Å². The van der Waals surface area contributed by atoms with Gasteiger partial charge >= 0.3 is 0 Å². The average Bonchev–Trinajstić information content (AvgIpc) is 3.12. The van der Waals surface area contributed by atoms with E-state index in [-0.39, 0.29) is 18.0 Å². The third-order valence-corrected chi connectivity index (χ3v) is 5.64. The van der Waals surface area contributed by atoms with Crippen LogP contribution in [-0.2, 0) is 11.3 Å². The Bertz CT molecular complexity index is 1170. The molecule has 3 aromatic heterocycles. The van der Waals surface area contributed by atoms with Crippen LogP contribution in [0.3, 0.4) is 0 Å². The molecule has 0 aliphatic carbocycles. The van der Waals surface area contributed by atoms with Crippen molar-refractivity contribution >= 4 is 11.7 Å². The number of carbonyl (C=O) groups excluding carboxylic acids is 1. The molecule has 3 aromatic rings. The number of anilines is 1. The first-order chi connectivity index (χ1) is 14.8. The van der Waals surface area contributed by atoms with Gasteiger partial charge in [-0.3, -0.25) is 14.2 Å². The van der Waals surface area contributed by atoms with Crippen LogP contribution in [-0.4, -0.2) is 66.3 Å². The van der Waals surface area contributed by atoms with Gasteiger partial charge < -0.3 is 9.80 Å². The smallest absolute Gasteiger partial charge is 0.256 e. The van der Waals surface area contributed by atoms with Gasteiger partial charge in [0.1, 0.15) is 18.7 Å². The van der Waals surface area contributed by atoms with E-state index in [1.807, 2.05) is 26.0 Å². The highest BCUT2D eigenvalue weighted by Gasteiger charge is 2.23. The van der Waals surface area contributed by atoms with Gasteiger partial charge in [-0.05, 0) is 33.8 Å². The molecule has 0 atom stereocenters. The molecule has 0 unspecified atom stereocenters. The summed E-state index contributed by atoms with van der Waals surface area (Å²) in [6.45, 7) is 9.88. The minimum absolute atomic E-state index is 0.00252. The summed E-state index contributed by atoms with van der Waals surface area (Å²) in [4.78, 5) is 41.9. The molecule has 1 fully saturated rings. The summed E-state index contributed by atoms with van der Waals surface area (Å²) < 4.78 is 3.18. The number of rotatable bonds is 4. The first-order valence-electron chi connectivity index (χ1n) is 10.2. The molecule has 0 radical (unpaired) electrons. The van der Waals surface area contributed by atoms with Gasteiger partial charge in [0, 0.05) is 49.2 Å². The second kappa shape index (κ2) is 8.29. The first-order valence-corrected chi connectivity index (χ1v) is 10.2. The molecular formula is C21H26N8O2. The molecule has 1 amide bonds. The van der Waals surface area contributed by atoms with Gasteiger partial charge in [0.2, 0.25) is 5.91 Å². The van der Waals surface area contributed by atoms with Crippen LogP contribution >= 0.6 is 0 Å². The van der Waals surface area contributed by atoms with Crippen LogP contribution < -0.4 is 10.5 Å². The number of hydrogen-bond acceptors (Lipinski definition) is 7. The molecule has 0 saturated carbocycles. The molecule has 1 saturated heterocycles. The van der Waals surface area contributed by atoms with Gasteiger partial charge in [-0.25, -0.2) is 19.6 Å². The lowest BCUT2D eigenvalue weighted by Crippen LogP contribution is -2.50. The zero-order valence-electron chi connectivity index (χ0n) is 18.2. The fourth-order valence-corrected chi connectivity index (χ4v) is 3.71. The molecule has 4 rings (SSSR count). The van der Waals surface area contributed by atoms with Gasteiger partial charge in [0.25, 0.3) is 5.56 Å². The first kappa shape index (κ1) is 20.7. The summed E-state index contributed by atoms with van der Waals surface area (Å²) in [5, 5.41) is 4.48. The molecule has 10 nitrogen and oxygen atoms in total. The summed E-state index contributed by atoms with van der Waals surface area (Å²) in [5.74, 6) is 1.44. The Hall–Kier alpha value is -3.56. The summed E-state index contributed by atoms with van der Waals surface area (Å²) in [6.07, 6.45) is 2.98. The monoisotopic (exact) mass is 422 g/mol. The predicted molar refractivity (Wildman–Crippen MR) is 115 cm³/mol. The Labute approximate surface area is 180 Å². The lowest BCUT2D eigenvalue weighted by Gasteiger charge is -2.35. The van der Waals surface area contributed by atoms with E-state index in [0.717, 1.165) is 23.0 Å².